The number of hydrogen-bond donors (Lipinski definition) is 2. The first-order chi connectivity index (χ1) is 12.0. The molecule has 2 aromatic rings. The smallest absolute Gasteiger partial charge is 0.191 e. The van der Waals surface area contributed by atoms with Gasteiger partial charge >= 0.3 is 0 Å². The van der Waals surface area contributed by atoms with E-state index in [-0.39, 0.29) is 29.4 Å². The van der Waals surface area contributed by atoms with E-state index in [0.717, 1.165) is 24.6 Å². The summed E-state index contributed by atoms with van der Waals surface area (Å²) in [6.07, 6.45) is 0. The highest BCUT2D eigenvalue weighted by molar-refractivity contribution is 14.0. The number of nitrogens with zero attached hydrogens (tertiary/aromatic N) is 2. The quantitative estimate of drug-likeness (QED) is 0.384. The van der Waals surface area contributed by atoms with Crippen molar-refractivity contribution in [2.75, 3.05) is 13.1 Å². The van der Waals surface area contributed by atoms with E-state index in [1.54, 1.807) is 0 Å². The average Bonchev–Trinajstić information content (AvgIpc) is 2.65. The summed E-state index contributed by atoms with van der Waals surface area (Å²) in [6.45, 7) is 8.67. The van der Waals surface area contributed by atoms with Gasteiger partial charge in [0.1, 0.15) is 0 Å². The third-order valence-electron chi connectivity index (χ3n) is 4.10. The molecular formula is C21H27IN4. The number of benzene rings is 2. The van der Waals surface area contributed by atoms with Crippen LogP contribution in [-0.4, -0.2) is 19.0 Å². The number of rotatable bonds is 6. The van der Waals surface area contributed by atoms with Gasteiger partial charge in [-0.15, -0.1) is 24.0 Å². The van der Waals surface area contributed by atoms with Crippen LogP contribution in [0.1, 0.15) is 37.5 Å². The van der Waals surface area contributed by atoms with Crippen LogP contribution in [0.5, 0.6) is 0 Å². The Balaban J connectivity index is 0.00000338. The topological polar surface area (TPSA) is 60.2 Å². The van der Waals surface area contributed by atoms with E-state index < -0.39 is 0 Å². The lowest BCUT2D eigenvalue weighted by Gasteiger charge is -2.26. The van der Waals surface area contributed by atoms with Gasteiger partial charge in [0.2, 0.25) is 0 Å². The molecule has 0 saturated carbocycles. The number of hydrogen-bond acceptors (Lipinski definition) is 2. The van der Waals surface area contributed by atoms with Gasteiger partial charge in [0.25, 0.3) is 0 Å². The van der Waals surface area contributed by atoms with Crippen LogP contribution in [-0.2, 0) is 12.0 Å². The summed E-state index contributed by atoms with van der Waals surface area (Å²) in [5.41, 5.74) is 3.05. The Hall–Kier alpha value is -2.07. The largest absolute Gasteiger partial charge is 0.357 e. The van der Waals surface area contributed by atoms with E-state index in [1.807, 2.05) is 30.3 Å². The predicted octanol–water partition coefficient (Wildman–Crippen LogP) is 4.21. The second kappa shape index (κ2) is 10.8. The lowest BCUT2D eigenvalue weighted by molar-refractivity contribution is 0.508. The molecule has 4 nitrogen and oxygen atoms in total. The standard InChI is InChI=1S/C21H26N4.HI/c1-4-23-20(24-15-18-12-10-17(14-22)11-13-18)25-16-21(2,3)19-8-6-5-7-9-19;/h5-13H,4,15-16H2,1-3H3,(H2,23,24,25);1H. The first-order valence-corrected chi connectivity index (χ1v) is 8.62. The van der Waals surface area contributed by atoms with Crippen molar-refractivity contribution in [2.45, 2.75) is 32.7 Å². The van der Waals surface area contributed by atoms with E-state index in [0.29, 0.717) is 12.1 Å². The zero-order valence-electron chi connectivity index (χ0n) is 15.6. The van der Waals surface area contributed by atoms with Gasteiger partial charge in [0.05, 0.1) is 18.2 Å². The van der Waals surface area contributed by atoms with E-state index >= 15 is 0 Å². The fraction of sp³-hybridized carbons (Fsp3) is 0.333. The summed E-state index contributed by atoms with van der Waals surface area (Å²) < 4.78 is 0. The number of aliphatic imine (C=N–C) groups is 1. The zero-order chi connectivity index (χ0) is 18.1. The molecule has 138 valence electrons. The molecule has 0 aliphatic rings. The maximum Gasteiger partial charge on any atom is 0.191 e. The summed E-state index contributed by atoms with van der Waals surface area (Å²) in [6, 6.07) is 20.2. The molecule has 0 aromatic heterocycles. The van der Waals surface area contributed by atoms with Crippen molar-refractivity contribution in [3.63, 3.8) is 0 Å². The predicted molar refractivity (Wildman–Crippen MR) is 119 cm³/mol. The SMILES string of the molecule is CCNC(=NCc1ccc(C#N)cc1)NCC(C)(C)c1ccccc1.I. The molecule has 0 aliphatic carbocycles. The van der Waals surface area contributed by atoms with Gasteiger partial charge in [-0.05, 0) is 30.2 Å². The molecule has 0 bridgehead atoms. The Labute approximate surface area is 173 Å². The van der Waals surface area contributed by atoms with Crippen molar-refractivity contribution in [2.24, 2.45) is 4.99 Å². The van der Waals surface area contributed by atoms with Crippen LogP contribution >= 0.6 is 24.0 Å². The van der Waals surface area contributed by atoms with Crippen LogP contribution < -0.4 is 10.6 Å². The zero-order valence-corrected chi connectivity index (χ0v) is 18.0. The summed E-state index contributed by atoms with van der Waals surface area (Å²) in [4.78, 5) is 4.65. The molecule has 0 amide bonds. The van der Waals surface area contributed by atoms with Crippen LogP contribution in [0.3, 0.4) is 0 Å². The lowest BCUT2D eigenvalue weighted by Crippen LogP contribution is -2.43. The first kappa shape index (κ1) is 22.0. The van der Waals surface area contributed by atoms with E-state index in [1.165, 1.54) is 5.56 Å². The van der Waals surface area contributed by atoms with Crippen LogP contribution in [0.25, 0.3) is 0 Å². The second-order valence-corrected chi connectivity index (χ2v) is 6.61. The number of halogens is 1. The van der Waals surface area contributed by atoms with Gasteiger partial charge in [-0.2, -0.15) is 5.26 Å². The summed E-state index contributed by atoms with van der Waals surface area (Å²) in [7, 11) is 0. The molecule has 5 heteroatoms. The van der Waals surface area contributed by atoms with Crippen LogP contribution in [0.15, 0.2) is 59.6 Å². The fourth-order valence-corrected chi connectivity index (χ4v) is 2.49. The molecule has 2 aromatic carbocycles. The fourth-order valence-electron chi connectivity index (χ4n) is 2.49. The number of guanidine groups is 1. The maximum atomic E-state index is 8.86. The van der Waals surface area contributed by atoms with Crippen LogP contribution in [0.2, 0.25) is 0 Å². The third-order valence-corrected chi connectivity index (χ3v) is 4.10. The molecule has 0 heterocycles. The minimum Gasteiger partial charge on any atom is -0.357 e. The Bertz CT molecular complexity index is 731. The minimum absolute atomic E-state index is 0. The van der Waals surface area contributed by atoms with Gasteiger partial charge < -0.3 is 10.6 Å². The van der Waals surface area contributed by atoms with Crippen molar-refractivity contribution in [1.82, 2.24) is 10.6 Å². The maximum absolute atomic E-state index is 8.86. The number of nitrogens with one attached hydrogen (secondary N) is 2. The van der Waals surface area contributed by atoms with Gasteiger partial charge in [0.15, 0.2) is 5.96 Å². The third kappa shape index (κ3) is 6.68. The molecule has 2 rings (SSSR count). The monoisotopic (exact) mass is 462 g/mol. The van der Waals surface area contributed by atoms with Crippen molar-refractivity contribution >= 4 is 29.9 Å². The molecule has 0 unspecified atom stereocenters. The van der Waals surface area contributed by atoms with Gasteiger partial charge in [-0.3, -0.25) is 0 Å². The van der Waals surface area contributed by atoms with Crippen molar-refractivity contribution in [1.29, 1.82) is 5.26 Å². The highest BCUT2D eigenvalue weighted by atomic mass is 127. The summed E-state index contributed by atoms with van der Waals surface area (Å²) >= 11 is 0. The molecule has 26 heavy (non-hydrogen) atoms. The molecule has 0 spiro atoms. The van der Waals surface area contributed by atoms with Crippen LogP contribution in [0, 0.1) is 11.3 Å². The van der Waals surface area contributed by atoms with Crippen molar-refractivity contribution < 1.29 is 0 Å². The summed E-state index contributed by atoms with van der Waals surface area (Å²) in [5.74, 6) is 0.802. The lowest BCUT2D eigenvalue weighted by atomic mass is 9.85. The minimum atomic E-state index is 0. The molecular weight excluding hydrogens is 435 g/mol. The van der Waals surface area contributed by atoms with Gasteiger partial charge in [-0.25, -0.2) is 4.99 Å². The second-order valence-electron chi connectivity index (χ2n) is 6.61. The molecule has 0 atom stereocenters. The normalized spacial score (nSPS) is 11.2. The molecule has 0 fully saturated rings. The van der Waals surface area contributed by atoms with Gasteiger partial charge in [-0.1, -0.05) is 56.3 Å². The molecule has 0 aliphatic heterocycles. The van der Waals surface area contributed by atoms with Crippen LogP contribution in [0.4, 0.5) is 0 Å². The Morgan fingerprint density at radius 2 is 1.69 bits per heavy atom. The molecule has 0 saturated heterocycles. The van der Waals surface area contributed by atoms with Crippen molar-refractivity contribution in [3.05, 3.63) is 71.3 Å². The summed E-state index contributed by atoms with van der Waals surface area (Å²) in [5, 5.41) is 15.6. The van der Waals surface area contributed by atoms with E-state index in [4.69, 9.17) is 5.26 Å². The van der Waals surface area contributed by atoms with Crippen molar-refractivity contribution in [3.8, 4) is 6.07 Å². The molecule has 0 radical (unpaired) electrons. The highest BCUT2D eigenvalue weighted by Gasteiger charge is 2.20. The van der Waals surface area contributed by atoms with Gasteiger partial charge in [0, 0.05) is 18.5 Å². The van der Waals surface area contributed by atoms with E-state index in [9.17, 15) is 0 Å². The highest BCUT2D eigenvalue weighted by Crippen LogP contribution is 2.21. The Morgan fingerprint density at radius 3 is 2.27 bits per heavy atom. The molecule has 2 N–H and O–H groups in total. The van der Waals surface area contributed by atoms with E-state index in [2.05, 4.69) is 66.7 Å². The average molecular weight is 462 g/mol. The number of nitriles is 1. The Morgan fingerprint density at radius 1 is 1.04 bits per heavy atom. The Kier molecular flexibility index (Phi) is 9.14. The first-order valence-electron chi connectivity index (χ1n) is 8.62.